The predicted molar refractivity (Wildman–Crippen MR) is 136 cm³/mol. The standard InChI is InChI=1S/C23H24BrCl2N3O6/c1-12(2)20(28-22(31)14-5-6-16(25)17(26)9-14)23(32)29-27-10-13-7-15(24)21(18(8-13)33-3)35-11-19(30)34-4/h5-10,12,20H,11H2,1-4H3,(H,28,31)(H,29,32). The average molecular weight is 589 g/mol. The molecule has 0 aliphatic rings. The maximum absolute atomic E-state index is 12.7. The molecule has 188 valence electrons. The van der Waals surface area contributed by atoms with Crippen molar-refractivity contribution in [1.29, 1.82) is 0 Å². The summed E-state index contributed by atoms with van der Waals surface area (Å²) < 4.78 is 15.8. The van der Waals surface area contributed by atoms with E-state index in [1.54, 1.807) is 26.0 Å². The van der Waals surface area contributed by atoms with Crippen LogP contribution in [0.25, 0.3) is 0 Å². The van der Waals surface area contributed by atoms with Gasteiger partial charge < -0.3 is 19.5 Å². The van der Waals surface area contributed by atoms with Gasteiger partial charge in [-0.1, -0.05) is 37.0 Å². The minimum absolute atomic E-state index is 0.225. The molecule has 2 aromatic rings. The number of amides is 2. The normalized spacial score (nSPS) is 11.8. The molecule has 0 fully saturated rings. The van der Waals surface area contributed by atoms with Gasteiger partial charge in [0.25, 0.3) is 11.8 Å². The second kappa shape index (κ2) is 13.3. The molecule has 0 heterocycles. The first-order valence-electron chi connectivity index (χ1n) is 10.2. The van der Waals surface area contributed by atoms with E-state index in [0.717, 1.165) is 0 Å². The Labute approximate surface area is 221 Å². The fraction of sp³-hybridized carbons (Fsp3) is 0.304. The van der Waals surface area contributed by atoms with Gasteiger partial charge in [-0.15, -0.1) is 0 Å². The minimum Gasteiger partial charge on any atom is -0.493 e. The van der Waals surface area contributed by atoms with Crippen molar-refractivity contribution in [3.05, 3.63) is 56.0 Å². The van der Waals surface area contributed by atoms with Crippen LogP contribution in [0.4, 0.5) is 0 Å². The van der Waals surface area contributed by atoms with Crippen LogP contribution in [0.3, 0.4) is 0 Å². The summed E-state index contributed by atoms with van der Waals surface area (Å²) in [5.41, 5.74) is 3.27. The largest absolute Gasteiger partial charge is 0.493 e. The van der Waals surface area contributed by atoms with E-state index in [-0.39, 0.29) is 23.1 Å². The maximum atomic E-state index is 12.7. The van der Waals surface area contributed by atoms with E-state index < -0.39 is 23.8 Å². The van der Waals surface area contributed by atoms with Crippen LogP contribution in [0.2, 0.25) is 10.0 Å². The number of hydrazone groups is 1. The van der Waals surface area contributed by atoms with Gasteiger partial charge in [0.15, 0.2) is 18.1 Å². The Kier molecular flexibility index (Phi) is 10.8. The molecule has 1 atom stereocenters. The van der Waals surface area contributed by atoms with E-state index >= 15 is 0 Å². The number of nitrogens with zero attached hydrogens (tertiary/aromatic N) is 1. The Morgan fingerprint density at radius 1 is 1.11 bits per heavy atom. The first-order valence-corrected chi connectivity index (χ1v) is 11.8. The number of nitrogens with one attached hydrogen (secondary N) is 2. The molecule has 2 N–H and O–H groups in total. The molecule has 2 rings (SSSR count). The molecule has 0 aliphatic heterocycles. The van der Waals surface area contributed by atoms with Crippen LogP contribution in [0.1, 0.15) is 29.8 Å². The van der Waals surface area contributed by atoms with Crippen molar-refractivity contribution in [3.63, 3.8) is 0 Å². The number of methoxy groups -OCH3 is 2. The monoisotopic (exact) mass is 587 g/mol. The summed E-state index contributed by atoms with van der Waals surface area (Å²) in [5.74, 6) is -1.10. The van der Waals surface area contributed by atoms with Crippen LogP contribution in [0.15, 0.2) is 39.9 Å². The van der Waals surface area contributed by atoms with Gasteiger partial charge in [0.2, 0.25) is 0 Å². The van der Waals surface area contributed by atoms with E-state index in [9.17, 15) is 14.4 Å². The van der Waals surface area contributed by atoms with Crippen LogP contribution in [0.5, 0.6) is 11.5 Å². The van der Waals surface area contributed by atoms with Crippen molar-refractivity contribution in [2.45, 2.75) is 19.9 Å². The molecule has 1 unspecified atom stereocenters. The van der Waals surface area contributed by atoms with Crippen molar-refractivity contribution in [2.75, 3.05) is 20.8 Å². The highest BCUT2D eigenvalue weighted by Crippen LogP contribution is 2.36. The molecule has 2 aromatic carbocycles. The second-order valence-corrected chi connectivity index (χ2v) is 9.13. The quantitative estimate of drug-likeness (QED) is 0.244. The molecular formula is C23H24BrCl2N3O6. The summed E-state index contributed by atoms with van der Waals surface area (Å²) in [6.07, 6.45) is 1.40. The summed E-state index contributed by atoms with van der Waals surface area (Å²) in [7, 11) is 2.70. The number of carbonyl (C=O) groups is 3. The fourth-order valence-corrected chi connectivity index (χ4v) is 3.65. The highest BCUT2D eigenvalue weighted by atomic mass is 79.9. The van der Waals surface area contributed by atoms with Crippen molar-refractivity contribution in [1.82, 2.24) is 10.7 Å². The molecule has 0 aromatic heterocycles. The zero-order chi connectivity index (χ0) is 26.1. The highest BCUT2D eigenvalue weighted by Gasteiger charge is 2.25. The number of ether oxygens (including phenoxy) is 3. The van der Waals surface area contributed by atoms with Gasteiger partial charge in [0.05, 0.1) is 35.0 Å². The van der Waals surface area contributed by atoms with Crippen LogP contribution >= 0.6 is 39.1 Å². The average Bonchev–Trinajstić information content (AvgIpc) is 2.82. The lowest BCUT2D eigenvalue weighted by Gasteiger charge is -2.20. The van der Waals surface area contributed by atoms with Crippen molar-refractivity contribution in [2.24, 2.45) is 11.0 Å². The van der Waals surface area contributed by atoms with Gasteiger partial charge in [0, 0.05) is 5.56 Å². The van der Waals surface area contributed by atoms with Gasteiger partial charge in [-0.25, -0.2) is 10.2 Å². The molecule has 9 nitrogen and oxygen atoms in total. The van der Waals surface area contributed by atoms with Crippen molar-refractivity contribution in [3.8, 4) is 11.5 Å². The summed E-state index contributed by atoms with van der Waals surface area (Å²) in [6.45, 7) is 3.29. The summed E-state index contributed by atoms with van der Waals surface area (Å²) in [4.78, 5) is 36.6. The van der Waals surface area contributed by atoms with Gasteiger partial charge in [-0.3, -0.25) is 9.59 Å². The zero-order valence-electron chi connectivity index (χ0n) is 19.4. The molecule has 0 saturated carbocycles. The number of hydrogen-bond acceptors (Lipinski definition) is 7. The lowest BCUT2D eigenvalue weighted by Crippen LogP contribution is -2.48. The molecule has 0 radical (unpaired) electrons. The molecule has 2 amide bonds. The van der Waals surface area contributed by atoms with Crippen LogP contribution < -0.4 is 20.2 Å². The zero-order valence-corrected chi connectivity index (χ0v) is 22.5. The van der Waals surface area contributed by atoms with E-state index in [1.807, 2.05) is 0 Å². The Balaban J connectivity index is 2.09. The Morgan fingerprint density at radius 3 is 2.43 bits per heavy atom. The van der Waals surface area contributed by atoms with Gasteiger partial charge in [-0.2, -0.15) is 5.10 Å². The van der Waals surface area contributed by atoms with Gasteiger partial charge in [0.1, 0.15) is 6.04 Å². The number of rotatable bonds is 10. The molecule has 0 saturated heterocycles. The van der Waals surface area contributed by atoms with E-state index in [0.29, 0.717) is 26.6 Å². The Morgan fingerprint density at radius 2 is 1.83 bits per heavy atom. The predicted octanol–water partition coefficient (Wildman–Crippen LogP) is 4.22. The van der Waals surface area contributed by atoms with Gasteiger partial charge >= 0.3 is 5.97 Å². The third-order valence-corrected chi connectivity index (χ3v) is 5.95. The van der Waals surface area contributed by atoms with Crippen LogP contribution in [-0.4, -0.2) is 50.9 Å². The van der Waals surface area contributed by atoms with Gasteiger partial charge in [-0.05, 0) is 57.7 Å². The number of esters is 1. The molecule has 12 heteroatoms. The summed E-state index contributed by atoms with van der Waals surface area (Å²) in [5, 5.41) is 7.22. The minimum atomic E-state index is -0.857. The van der Waals surface area contributed by atoms with Crippen molar-refractivity contribution < 1.29 is 28.6 Å². The molecular weight excluding hydrogens is 565 g/mol. The molecule has 0 spiro atoms. The van der Waals surface area contributed by atoms with E-state index in [4.69, 9.17) is 32.7 Å². The Bertz CT molecular complexity index is 1130. The molecule has 35 heavy (non-hydrogen) atoms. The smallest absolute Gasteiger partial charge is 0.343 e. The highest BCUT2D eigenvalue weighted by molar-refractivity contribution is 9.10. The number of halogens is 3. The second-order valence-electron chi connectivity index (χ2n) is 7.46. The lowest BCUT2D eigenvalue weighted by atomic mass is 10.0. The number of carbonyl (C=O) groups excluding carboxylic acids is 3. The number of hydrogen-bond donors (Lipinski definition) is 2. The van der Waals surface area contributed by atoms with Crippen LogP contribution in [0, 0.1) is 5.92 Å². The molecule has 0 aliphatic carbocycles. The first-order chi connectivity index (χ1) is 16.6. The van der Waals surface area contributed by atoms with E-state index in [1.165, 1.54) is 38.6 Å². The maximum Gasteiger partial charge on any atom is 0.343 e. The third-order valence-electron chi connectivity index (χ3n) is 4.62. The Hall–Kier alpha value is -2.82. The molecule has 0 bridgehead atoms. The van der Waals surface area contributed by atoms with E-state index in [2.05, 4.69) is 36.5 Å². The summed E-state index contributed by atoms with van der Waals surface area (Å²) in [6, 6.07) is 6.86. The third kappa shape index (κ3) is 8.12. The number of benzene rings is 2. The van der Waals surface area contributed by atoms with Crippen LogP contribution in [-0.2, 0) is 14.3 Å². The topological polar surface area (TPSA) is 115 Å². The van der Waals surface area contributed by atoms with Crippen molar-refractivity contribution >= 4 is 63.1 Å². The fourth-order valence-electron chi connectivity index (χ4n) is 2.78. The first kappa shape index (κ1) is 28.4. The lowest BCUT2D eigenvalue weighted by molar-refractivity contribution is -0.143. The summed E-state index contributed by atoms with van der Waals surface area (Å²) >= 11 is 15.2. The SMILES string of the molecule is COC(=O)COc1c(Br)cc(C=NNC(=O)C(NC(=O)c2ccc(Cl)c(Cl)c2)C(C)C)cc1OC.